The van der Waals surface area contributed by atoms with Crippen LogP contribution in [0.5, 0.6) is 0 Å². The van der Waals surface area contributed by atoms with Crippen molar-refractivity contribution in [1.29, 1.82) is 0 Å². The van der Waals surface area contributed by atoms with Gasteiger partial charge in [-0.2, -0.15) is 4.52 Å². The molecule has 98 valence electrons. The Morgan fingerprint density at radius 3 is 2.72 bits per heavy atom. The highest BCUT2D eigenvalue weighted by atomic mass is 32.1. The quantitative estimate of drug-likeness (QED) is 0.917. The van der Waals surface area contributed by atoms with Gasteiger partial charge in [-0.3, -0.25) is 4.79 Å². The second-order valence-electron chi connectivity index (χ2n) is 4.60. The lowest BCUT2D eigenvalue weighted by atomic mass is 10.2. The van der Waals surface area contributed by atoms with Gasteiger partial charge in [0.15, 0.2) is 5.82 Å². The number of aromatic nitrogens is 4. The van der Waals surface area contributed by atoms with Gasteiger partial charge in [0.1, 0.15) is 0 Å². The largest absolute Gasteiger partial charge is 0.347 e. The fourth-order valence-electron chi connectivity index (χ4n) is 1.47. The zero-order chi connectivity index (χ0) is 13.3. The summed E-state index contributed by atoms with van der Waals surface area (Å²) in [5.41, 5.74) is 0. The minimum Gasteiger partial charge on any atom is -0.347 e. The Hall–Kier alpha value is -1.50. The van der Waals surface area contributed by atoms with Crippen molar-refractivity contribution in [3.8, 4) is 0 Å². The van der Waals surface area contributed by atoms with E-state index >= 15 is 0 Å². The van der Waals surface area contributed by atoms with E-state index in [9.17, 15) is 4.79 Å². The van der Waals surface area contributed by atoms with Crippen LogP contribution >= 0.6 is 11.3 Å². The first-order valence-corrected chi connectivity index (χ1v) is 6.87. The highest BCUT2D eigenvalue weighted by Gasteiger charge is 2.18. The van der Waals surface area contributed by atoms with Crippen LogP contribution in [0.4, 0.5) is 0 Å². The van der Waals surface area contributed by atoms with Crippen molar-refractivity contribution in [2.75, 3.05) is 0 Å². The Balaban J connectivity index is 2.27. The van der Waals surface area contributed by atoms with E-state index < -0.39 is 0 Å². The van der Waals surface area contributed by atoms with Gasteiger partial charge in [0.25, 0.3) is 5.91 Å². The predicted molar refractivity (Wildman–Crippen MR) is 70.0 cm³/mol. The van der Waals surface area contributed by atoms with Crippen molar-refractivity contribution in [2.24, 2.45) is 0 Å². The summed E-state index contributed by atoms with van der Waals surface area (Å²) in [6, 6.07) is 0.149. The minimum atomic E-state index is -0.144. The number of carbonyl (C=O) groups excluding carboxylic acids is 1. The number of amides is 1. The smallest absolute Gasteiger partial charge is 0.282 e. The Labute approximate surface area is 109 Å². The Morgan fingerprint density at radius 1 is 1.39 bits per heavy atom. The van der Waals surface area contributed by atoms with E-state index in [1.54, 1.807) is 4.52 Å². The summed E-state index contributed by atoms with van der Waals surface area (Å²) in [6.07, 6.45) is 0.896. The molecule has 0 aliphatic heterocycles. The van der Waals surface area contributed by atoms with Crippen molar-refractivity contribution in [2.45, 2.75) is 46.1 Å². The molecule has 1 amide bonds. The molecule has 0 bridgehead atoms. The summed E-state index contributed by atoms with van der Waals surface area (Å²) in [5.74, 6) is 0.867. The van der Waals surface area contributed by atoms with Gasteiger partial charge in [-0.1, -0.05) is 32.1 Å². The number of hydrogen-bond donors (Lipinski definition) is 1. The molecule has 7 heteroatoms. The van der Waals surface area contributed by atoms with Crippen molar-refractivity contribution < 1.29 is 4.79 Å². The zero-order valence-electron chi connectivity index (χ0n) is 11.0. The lowest BCUT2D eigenvalue weighted by Crippen LogP contribution is -2.31. The fourth-order valence-corrected chi connectivity index (χ4v) is 2.22. The molecule has 1 N–H and O–H groups in total. The maximum Gasteiger partial charge on any atom is 0.282 e. The van der Waals surface area contributed by atoms with Gasteiger partial charge < -0.3 is 5.32 Å². The van der Waals surface area contributed by atoms with E-state index in [4.69, 9.17) is 0 Å². The molecule has 0 aromatic carbocycles. The molecule has 2 heterocycles. The van der Waals surface area contributed by atoms with Crippen LogP contribution in [0.1, 0.15) is 55.7 Å². The molecule has 0 aliphatic rings. The minimum absolute atomic E-state index is 0.144. The van der Waals surface area contributed by atoms with Gasteiger partial charge in [0.05, 0.1) is 0 Å². The first-order chi connectivity index (χ1) is 8.52. The van der Waals surface area contributed by atoms with Crippen LogP contribution in [0, 0.1) is 0 Å². The SMILES string of the molecule is CCC(C)NC(=O)c1nn2c(C(C)C)nnc2s1. The standard InChI is InChI=1S/C11H17N5OS/c1-5-7(4)12-9(17)10-15-16-8(6(2)3)13-14-11(16)18-10/h6-7H,5H2,1-4H3,(H,12,17). The van der Waals surface area contributed by atoms with Crippen molar-refractivity contribution in [3.63, 3.8) is 0 Å². The van der Waals surface area contributed by atoms with Crippen LogP contribution in [0.15, 0.2) is 0 Å². The summed E-state index contributed by atoms with van der Waals surface area (Å²) in [6.45, 7) is 8.04. The normalized spacial score (nSPS) is 13.2. The van der Waals surface area contributed by atoms with Crippen molar-refractivity contribution in [1.82, 2.24) is 25.1 Å². The first-order valence-electron chi connectivity index (χ1n) is 6.06. The average Bonchev–Trinajstić information content (AvgIpc) is 2.86. The third-order valence-corrected chi connectivity index (χ3v) is 3.61. The van der Waals surface area contributed by atoms with Gasteiger partial charge in [-0.15, -0.1) is 15.3 Å². The fraction of sp³-hybridized carbons (Fsp3) is 0.636. The first kappa shape index (κ1) is 12.9. The lowest BCUT2D eigenvalue weighted by molar-refractivity contribution is 0.0938. The van der Waals surface area contributed by atoms with E-state index in [0.29, 0.717) is 9.97 Å². The van der Waals surface area contributed by atoms with Gasteiger partial charge in [0, 0.05) is 12.0 Å². The molecule has 1 unspecified atom stereocenters. The van der Waals surface area contributed by atoms with Crippen LogP contribution in [0.2, 0.25) is 0 Å². The number of rotatable bonds is 4. The summed E-state index contributed by atoms with van der Waals surface area (Å²) in [7, 11) is 0. The zero-order valence-corrected chi connectivity index (χ0v) is 11.8. The van der Waals surface area contributed by atoms with Gasteiger partial charge in [0.2, 0.25) is 9.97 Å². The molecule has 0 saturated carbocycles. The third-order valence-electron chi connectivity index (χ3n) is 2.72. The number of nitrogens with one attached hydrogen (secondary N) is 1. The molecule has 0 saturated heterocycles. The summed E-state index contributed by atoms with van der Waals surface area (Å²) >= 11 is 1.26. The highest BCUT2D eigenvalue weighted by molar-refractivity contribution is 7.18. The van der Waals surface area contributed by atoms with E-state index in [1.807, 2.05) is 27.7 Å². The van der Waals surface area contributed by atoms with Crippen molar-refractivity contribution in [3.05, 3.63) is 10.8 Å². The average molecular weight is 267 g/mol. The van der Waals surface area contributed by atoms with Gasteiger partial charge in [-0.05, 0) is 13.3 Å². The topological polar surface area (TPSA) is 72.2 Å². The molecule has 0 spiro atoms. The maximum absolute atomic E-state index is 11.9. The number of hydrogen-bond acceptors (Lipinski definition) is 5. The highest BCUT2D eigenvalue weighted by Crippen LogP contribution is 2.18. The molecule has 0 aliphatic carbocycles. The van der Waals surface area contributed by atoms with E-state index in [2.05, 4.69) is 20.6 Å². The maximum atomic E-state index is 11.9. The molecule has 6 nitrogen and oxygen atoms in total. The molecular formula is C11H17N5OS. The second kappa shape index (κ2) is 5.01. The Bertz CT molecular complexity index is 559. The van der Waals surface area contributed by atoms with E-state index in [1.165, 1.54) is 11.3 Å². The summed E-state index contributed by atoms with van der Waals surface area (Å²) in [5, 5.41) is 15.7. The van der Waals surface area contributed by atoms with Gasteiger partial charge >= 0.3 is 0 Å². The molecular weight excluding hydrogens is 250 g/mol. The predicted octanol–water partition coefficient (Wildman–Crippen LogP) is 1.84. The van der Waals surface area contributed by atoms with E-state index in [0.717, 1.165) is 12.2 Å². The molecule has 2 rings (SSSR count). The number of fused-ring (bicyclic) bond motifs is 1. The third kappa shape index (κ3) is 2.35. The molecule has 2 aromatic rings. The van der Waals surface area contributed by atoms with Crippen LogP contribution in [0.25, 0.3) is 4.96 Å². The molecule has 0 fully saturated rings. The molecule has 1 atom stereocenters. The summed E-state index contributed by atoms with van der Waals surface area (Å²) < 4.78 is 1.65. The number of nitrogens with zero attached hydrogens (tertiary/aromatic N) is 4. The van der Waals surface area contributed by atoms with Crippen LogP contribution in [-0.2, 0) is 0 Å². The van der Waals surface area contributed by atoms with Crippen LogP contribution < -0.4 is 5.32 Å². The Morgan fingerprint density at radius 2 is 2.11 bits per heavy atom. The molecule has 0 radical (unpaired) electrons. The van der Waals surface area contributed by atoms with Crippen molar-refractivity contribution >= 4 is 22.2 Å². The summed E-state index contributed by atoms with van der Waals surface area (Å²) in [4.78, 5) is 12.6. The lowest BCUT2D eigenvalue weighted by Gasteiger charge is -2.08. The van der Waals surface area contributed by atoms with Crippen LogP contribution in [-0.4, -0.2) is 31.8 Å². The molecule has 2 aromatic heterocycles. The second-order valence-corrected chi connectivity index (χ2v) is 5.55. The monoisotopic (exact) mass is 267 g/mol. The van der Waals surface area contributed by atoms with Crippen LogP contribution in [0.3, 0.4) is 0 Å². The molecule has 18 heavy (non-hydrogen) atoms. The van der Waals surface area contributed by atoms with Gasteiger partial charge in [-0.25, -0.2) is 0 Å². The van der Waals surface area contributed by atoms with E-state index in [-0.39, 0.29) is 17.9 Å². The number of carbonyl (C=O) groups is 1. The Kier molecular flexibility index (Phi) is 3.60.